The molecule has 1 aromatic carbocycles. The van der Waals surface area contributed by atoms with Crippen LogP contribution in [-0.4, -0.2) is 11.0 Å². The van der Waals surface area contributed by atoms with Gasteiger partial charge in [-0.2, -0.15) is 0 Å². The number of anilines is 1. The van der Waals surface area contributed by atoms with Gasteiger partial charge in [0.25, 0.3) is 5.69 Å². The zero-order valence-electron chi connectivity index (χ0n) is 9.95. The highest BCUT2D eigenvalue weighted by Gasteiger charge is 2.25. The predicted molar refractivity (Wildman–Crippen MR) is 76.2 cm³/mol. The summed E-state index contributed by atoms with van der Waals surface area (Å²) in [6.07, 6.45) is 3.06. The number of halogens is 2. The van der Waals surface area contributed by atoms with E-state index in [2.05, 4.69) is 12.2 Å². The lowest BCUT2D eigenvalue weighted by Gasteiger charge is -2.14. The Morgan fingerprint density at radius 1 is 1.50 bits per heavy atom. The highest BCUT2D eigenvalue weighted by atomic mass is 127. The zero-order chi connectivity index (χ0) is 13.3. The van der Waals surface area contributed by atoms with E-state index >= 15 is 0 Å². The van der Waals surface area contributed by atoms with Crippen molar-refractivity contribution in [1.82, 2.24) is 0 Å². The van der Waals surface area contributed by atoms with Crippen LogP contribution in [0, 0.1) is 25.4 Å². The van der Waals surface area contributed by atoms with Crippen molar-refractivity contribution >= 4 is 34.0 Å². The van der Waals surface area contributed by atoms with Crippen LogP contribution < -0.4 is 5.32 Å². The van der Waals surface area contributed by atoms with E-state index in [9.17, 15) is 14.5 Å². The molecule has 18 heavy (non-hydrogen) atoms. The SMILES string of the molecule is CC1CCC(Nc2cc(F)c(I)cc2[N+](=O)[O-])C1. The van der Waals surface area contributed by atoms with Crippen LogP contribution in [0.5, 0.6) is 0 Å². The molecule has 0 spiro atoms. The number of rotatable bonds is 3. The third kappa shape index (κ3) is 2.90. The fourth-order valence-corrected chi connectivity index (χ4v) is 2.81. The van der Waals surface area contributed by atoms with E-state index in [0.717, 1.165) is 19.3 Å². The lowest BCUT2D eigenvalue weighted by Crippen LogP contribution is -2.16. The van der Waals surface area contributed by atoms with Crippen LogP contribution in [0.25, 0.3) is 0 Å². The maximum Gasteiger partial charge on any atom is 0.293 e. The first-order valence-electron chi connectivity index (χ1n) is 5.87. The zero-order valence-corrected chi connectivity index (χ0v) is 12.1. The molecule has 2 rings (SSSR count). The minimum atomic E-state index is -0.470. The number of nitro benzene ring substituents is 1. The van der Waals surface area contributed by atoms with Gasteiger partial charge in [-0.3, -0.25) is 10.1 Å². The molecule has 1 N–H and O–H groups in total. The Balaban J connectivity index is 2.25. The number of nitro groups is 1. The molecule has 2 atom stereocenters. The summed E-state index contributed by atoms with van der Waals surface area (Å²) in [6.45, 7) is 2.16. The van der Waals surface area contributed by atoms with Gasteiger partial charge in [0, 0.05) is 18.2 Å². The molecule has 0 radical (unpaired) electrons. The Labute approximate surface area is 118 Å². The maximum absolute atomic E-state index is 13.5. The van der Waals surface area contributed by atoms with Gasteiger partial charge >= 0.3 is 0 Å². The minimum absolute atomic E-state index is 0.0552. The van der Waals surface area contributed by atoms with Crippen molar-refractivity contribution in [3.63, 3.8) is 0 Å². The van der Waals surface area contributed by atoms with Gasteiger partial charge in [0.1, 0.15) is 11.5 Å². The molecular formula is C12H14FIN2O2. The van der Waals surface area contributed by atoms with Crippen LogP contribution in [-0.2, 0) is 0 Å². The third-order valence-electron chi connectivity index (χ3n) is 3.29. The number of nitrogens with one attached hydrogen (secondary N) is 1. The van der Waals surface area contributed by atoms with E-state index in [1.165, 1.54) is 12.1 Å². The second-order valence-corrected chi connectivity index (χ2v) is 5.96. The van der Waals surface area contributed by atoms with E-state index in [0.29, 0.717) is 5.92 Å². The maximum atomic E-state index is 13.5. The van der Waals surface area contributed by atoms with E-state index < -0.39 is 10.7 Å². The summed E-state index contributed by atoms with van der Waals surface area (Å²) in [5.41, 5.74) is 0.234. The second-order valence-electron chi connectivity index (χ2n) is 4.80. The Hall–Kier alpha value is -0.920. The van der Waals surface area contributed by atoms with Gasteiger partial charge < -0.3 is 5.32 Å². The highest BCUT2D eigenvalue weighted by molar-refractivity contribution is 14.1. The molecule has 1 fully saturated rings. The van der Waals surface area contributed by atoms with Crippen LogP contribution >= 0.6 is 22.6 Å². The van der Waals surface area contributed by atoms with Crippen molar-refractivity contribution in [1.29, 1.82) is 0 Å². The molecular weight excluding hydrogens is 350 g/mol. The lowest BCUT2D eigenvalue weighted by molar-refractivity contribution is -0.384. The molecule has 1 aliphatic rings. The van der Waals surface area contributed by atoms with E-state index in [4.69, 9.17) is 0 Å². The van der Waals surface area contributed by atoms with Crippen molar-refractivity contribution in [3.05, 3.63) is 31.6 Å². The second kappa shape index (κ2) is 5.38. The molecule has 98 valence electrons. The monoisotopic (exact) mass is 364 g/mol. The van der Waals surface area contributed by atoms with Crippen LogP contribution in [0.3, 0.4) is 0 Å². The Kier molecular flexibility index (Phi) is 4.04. The van der Waals surface area contributed by atoms with Crippen LogP contribution in [0.2, 0.25) is 0 Å². The van der Waals surface area contributed by atoms with Crippen molar-refractivity contribution in [2.45, 2.75) is 32.2 Å². The van der Waals surface area contributed by atoms with E-state index in [1.54, 1.807) is 22.6 Å². The molecule has 0 bridgehead atoms. The molecule has 0 saturated heterocycles. The van der Waals surface area contributed by atoms with Crippen LogP contribution in [0.1, 0.15) is 26.2 Å². The normalized spacial score (nSPS) is 23.1. The smallest absolute Gasteiger partial charge is 0.293 e. The average Bonchev–Trinajstić information content (AvgIpc) is 2.68. The Morgan fingerprint density at radius 3 is 2.78 bits per heavy atom. The average molecular weight is 364 g/mol. The summed E-state index contributed by atoms with van der Waals surface area (Å²) < 4.78 is 13.8. The van der Waals surface area contributed by atoms with Gasteiger partial charge in [0.2, 0.25) is 0 Å². The van der Waals surface area contributed by atoms with Crippen LogP contribution in [0.15, 0.2) is 12.1 Å². The first-order chi connectivity index (χ1) is 8.47. The first kappa shape index (κ1) is 13.5. The molecule has 1 saturated carbocycles. The molecule has 4 nitrogen and oxygen atoms in total. The molecule has 6 heteroatoms. The minimum Gasteiger partial charge on any atom is -0.377 e. The summed E-state index contributed by atoms with van der Waals surface area (Å²) in [6, 6.07) is 2.71. The van der Waals surface area contributed by atoms with Gasteiger partial charge in [0.05, 0.1) is 8.49 Å². The Morgan fingerprint density at radius 2 is 2.22 bits per heavy atom. The van der Waals surface area contributed by atoms with Gasteiger partial charge in [-0.25, -0.2) is 4.39 Å². The first-order valence-corrected chi connectivity index (χ1v) is 6.95. The number of benzene rings is 1. The third-order valence-corrected chi connectivity index (χ3v) is 4.12. The van der Waals surface area contributed by atoms with Gasteiger partial charge in [-0.1, -0.05) is 6.92 Å². The number of hydrogen-bond donors (Lipinski definition) is 1. The van der Waals surface area contributed by atoms with Gasteiger partial charge in [0.15, 0.2) is 0 Å². The summed E-state index contributed by atoms with van der Waals surface area (Å²) in [4.78, 5) is 10.5. The summed E-state index contributed by atoms with van der Waals surface area (Å²) in [5.74, 6) is 0.199. The van der Waals surface area contributed by atoms with Gasteiger partial charge in [-0.05, 0) is 47.8 Å². The topological polar surface area (TPSA) is 55.2 Å². The molecule has 1 aliphatic carbocycles. The highest BCUT2D eigenvalue weighted by Crippen LogP contribution is 2.33. The quantitative estimate of drug-likeness (QED) is 0.502. The fourth-order valence-electron chi connectivity index (χ4n) is 2.36. The summed E-state index contributed by atoms with van der Waals surface area (Å²) in [7, 11) is 0. The van der Waals surface area contributed by atoms with Crippen molar-refractivity contribution in [2.24, 2.45) is 5.92 Å². The molecule has 0 amide bonds. The number of nitrogens with zero attached hydrogens (tertiary/aromatic N) is 1. The van der Waals surface area contributed by atoms with Crippen LogP contribution in [0.4, 0.5) is 15.8 Å². The Bertz CT molecular complexity index is 481. The van der Waals surface area contributed by atoms with Gasteiger partial charge in [-0.15, -0.1) is 0 Å². The molecule has 2 unspecified atom stereocenters. The van der Waals surface area contributed by atoms with Crippen molar-refractivity contribution < 1.29 is 9.31 Å². The summed E-state index contributed by atoms with van der Waals surface area (Å²) >= 11 is 1.76. The molecule has 0 aliphatic heterocycles. The number of hydrogen-bond acceptors (Lipinski definition) is 3. The standard InChI is InChI=1S/C12H14FIN2O2/c1-7-2-3-8(4-7)15-11-5-9(13)10(14)6-12(11)16(17)18/h5-8,15H,2-4H2,1H3. The largest absolute Gasteiger partial charge is 0.377 e. The van der Waals surface area contributed by atoms with Crippen molar-refractivity contribution in [3.8, 4) is 0 Å². The molecule has 0 heterocycles. The van der Waals surface area contributed by atoms with E-state index in [-0.39, 0.29) is 21.0 Å². The summed E-state index contributed by atoms with van der Waals surface area (Å²) in [5, 5.41) is 14.1. The van der Waals surface area contributed by atoms with Crippen molar-refractivity contribution in [2.75, 3.05) is 5.32 Å². The molecule has 0 aromatic heterocycles. The molecule has 1 aromatic rings. The fraction of sp³-hybridized carbons (Fsp3) is 0.500. The van der Waals surface area contributed by atoms with E-state index in [1.807, 2.05) is 0 Å². The predicted octanol–water partition coefficient (Wildman–Crippen LogP) is 3.94. The lowest BCUT2D eigenvalue weighted by atomic mass is 10.1.